The van der Waals surface area contributed by atoms with Crippen LogP contribution in [0.1, 0.15) is 17.7 Å². The Kier molecular flexibility index (Phi) is 2.81. The van der Waals surface area contributed by atoms with Crippen molar-refractivity contribution in [2.45, 2.75) is 12.8 Å². The quantitative estimate of drug-likeness (QED) is 0.639. The van der Waals surface area contributed by atoms with Gasteiger partial charge in [-0.05, 0) is 36.4 Å². The minimum atomic E-state index is 0.0153. The van der Waals surface area contributed by atoms with Crippen molar-refractivity contribution in [3.63, 3.8) is 0 Å². The molecular weight excluding hydrogens is 231 g/mol. The van der Waals surface area contributed by atoms with Gasteiger partial charge in [0.25, 0.3) is 0 Å². The molecule has 0 amide bonds. The molecule has 0 radical (unpaired) electrons. The van der Waals surface area contributed by atoms with Gasteiger partial charge in [0, 0.05) is 15.5 Å². The predicted octanol–water partition coefficient (Wildman–Crippen LogP) is 5.18. The van der Waals surface area contributed by atoms with Crippen molar-refractivity contribution in [1.29, 1.82) is 0 Å². The van der Waals surface area contributed by atoms with E-state index in [1.807, 2.05) is 12.1 Å². The second-order valence-electron chi connectivity index (χ2n) is 4.36. The monoisotopic (exact) mass is 244 g/mol. The Labute approximate surface area is 104 Å². The largest absolute Gasteiger partial charge is 0.211 e. The fourth-order valence-electron chi connectivity index (χ4n) is 2.17. The third kappa shape index (κ3) is 2.18. The van der Waals surface area contributed by atoms with Crippen LogP contribution in [0.25, 0.3) is 16.2 Å². The van der Waals surface area contributed by atoms with Crippen molar-refractivity contribution in [2.75, 3.05) is 0 Å². The van der Waals surface area contributed by atoms with Crippen LogP contribution in [-0.4, -0.2) is 0 Å². The van der Waals surface area contributed by atoms with E-state index in [1.54, 1.807) is 17.4 Å². The number of benzene rings is 1. The maximum Gasteiger partial charge on any atom is 0.105 e. The molecule has 17 heavy (non-hydrogen) atoms. The zero-order valence-electron chi connectivity index (χ0n) is 9.40. The average Bonchev–Trinajstić information content (AvgIpc) is 2.97. The third-order valence-electron chi connectivity index (χ3n) is 3.12. The Balaban J connectivity index is 1.90. The third-order valence-corrected chi connectivity index (χ3v) is 4.19. The molecule has 0 fully saturated rings. The van der Waals surface area contributed by atoms with Gasteiger partial charge in [-0.15, -0.1) is 11.3 Å². The van der Waals surface area contributed by atoms with Gasteiger partial charge in [0.1, 0.15) is 5.83 Å². The van der Waals surface area contributed by atoms with Crippen LogP contribution in [-0.2, 0) is 0 Å². The first-order valence-corrected chi connectivity index (χ1v) is 6.65. The normalized spacial score (nSPS) is 17.1. The summed E-state index contributed by atoms with van der Waals surface area (Å²) in [4.78, 5) is 1.01. The molecule has 1 aromatic carbocycles. The van der Waals surface area contributed by atoms with E-state index >= 15 is 0 Å². The lowest BCUT2D eigenvalue weighted by Gasteiger charge is -2.04. The molecule has 1 aliphatic rings. The predicted molar refractivity (Wildman–Crippen MR) is 72.8 cm³/mol. The molecule has 0 spiro atoms. The molecular formula is C15H13FS. The highest BCUT2D eigenvalue weighted by atomic mass is 32.1. The van der Waals surface area contributed by atoms with E-state index in [2.05, 4.69) is 30.4 Å². The molecule has 0 unspecified atom stereocenters. The second-order valence-corrected chi connectivity index (χ2v) is 5.47. The van der Waals surface area contributed by atoms with E-state index in [4.69, 9.17) is 0 Å². The van der Waals surface area contributed by atoms with E-state index in [1.165, 1.54) is 10.1 Å². The van der Waals surface area contributed by atoms with Crippen molar-refractivity contribution in [1.82, 2.24) is 0 Å². The molecule has 1 aromatic heterocycles. The van der Waals surface area contributed by atoms with Crippen LogP contribution >= 0.6 is 11.3 Å². The first-order chi connectivity index (χ1) is 8.33. The topological polar surface area (TPSA) is 0 Å². The summed E-state index contributed by atoms with van der Waals surface area (Å²) >= 11 is 1.65. The Morgan fingerprint density at radius 1 is 1.24 bits per heavy atom. The molecule has 0 saturated heterocycles. The van der Waals surface area contributed by atoms with Crippen LogP contribution in [0.5, 0.6) is 0 Å². The standard InChI is InChI=1S/C15H13FS/c16-14(11-5-1-2-6-11)10-13-9-12-7-3-4-8-15(12)17-13/h1-4,7-11H,5-6H2/b14-10-. The molecule has 0 bridgehead atoms. The molecule has 0 aliphatic heterocycles. The fourth-order valence-corrected chi connectivity index (χ4v) is 3.17. The summed E-state index contributed by atoms with van der Waals surface area (Å²) in [7, 11) is 0. The molecule has 2 heteroatoms. The highest BCUT2D eigenvalue weighted by Gasteiger charge is 2.15. The summed E-state index contributed by atoms with van der Waals surface area (Å²) in [6.07, 6.45) is 7.49. The Morgan fingerprint density at radius 3 is 2.76 bits per heavy atom. The Bertz CT molecular complexity index is 551. The van der Waals surface area contributed by atoms with E-state index in [0.29, 0.717) is 0 Å². The van der Waals surface area contributed by atoms with Crippen molar-refractivity contribution in [3.05, 3.63) is 53.2 Å². The number of fused-ring (bicyclic) bond motifs is 1. The van der Waals surface area contributed by atoms with Crippen molar-refractivity contribution < 1.29 is 4.39 Å². The molecule has 0 N–H and O–H groups in total. The zero-order valence-corrected chi connectivity index (χ0v) is 10.2. The zero-order chi connectivity index (χ0) is 11.7. The van der Waals surface area contributed by atoms with Crippen LogP contribution in [0.15, 0.2) is 48.3 Å². The van der Waals surface area contributed by atoms with E-state index in [-0.39, 0.29) is 11.7 Å². The van der Waals surface area contributed by atoms with E-state index < -0.39 is 0 Å². The summed E-state index contributed by atoms with van der Waals surface area (Å²) in [6.45, 7) is 0. The molecule has 0 nitrogen and oxygen atoms in total. The van der Waals surface area contributed by atoms with Gasteiger partial charge in [0.05, 0.1) is 0 Å². The van der Waals surface area contributed by atoms with Gasteiger partial charge < -0.3 is 0 Å². The number of hydrogen-bond donors (Lipinski definition) is 0. The lowest BCUT2D eigenvalue weighted by molar-refractivity contribution is 0.491. The highest BCUT2D eigenvalue weighted by molar-refractivity contribution is 7.19. The maximum absolute atomic E-state index is 13.9. The summed E-state index contributed by atoms with van der Waals surface area (Å²) in [6, 6.07) is 10.2. The number of halogens is 1. The first kappa shape index (κ1) is 10.7. The van der Waals surface area contributed by atoms with Crippen molar-refractivity contribution in [2.24, 2.45) is 5.92 Å². The summed E-state index contributed by atoms with van der Waals surface area (Å²) in [5.41, 5.74) is 0. The minimum absolute atomic E-state index is 0.0153. The van der Waals surface area contributed by atoms with Gasteiger partial charge in [0.2, 0.25) is 0 Å². The van der Waals surface area contributed by atoms with Crippen LogP contribution in [0.4, 0.5) is 4.39 Å². The van der Waals surface area contributed by atoms with Gasteiger partial charge in [-0.25, -0.2) is 4.39 Å². The first-order valence-electron chi connectivity index (χ1n) is 5.83. The number of hydrogen-bond acceptors (Lipinski definition) is 1. The van der Waals surface area contributed by atoms with Gasteiger partial charge in [0.15, 0.2) is 0 Å². The Hall–Kier alpha value is -1.41. The fraction of sp³-hybridized carbons (Fsp3) is 0.200. The molecule has 86 valence electrons. The van der Waals surface area contributed by atoms with Gasteiger partial charge in [-0.2, -0.15) is 0 Å². The Morgan fingerprint density at radius 2 is 2.00 bits per heavy atom. The smallest absolute Gasteiger partial charge is 0.105 e. The van der Waals surface area contributed by atoms with Crippen molar-refractivity contribution in [3.8, 4) is 0 Å². The molecule has 0 saturated carbocycles. The second kappa shape index (κ2) is 4.46. The van der Waals surface area contributed by atoms with Crippen LogP contribution < -0.4 is 0 Å². The summed E-state index contributed by atoms with van der Waals surface area (Å²) in [5.74, 6) is 0.0850. The van der Waals surface area contributed by atoms with Gasteiger partial charge >= 0.3 is 0 Å². The van der Waals surface area contributed by atoms with E-state index in [0.717, 1.165) is 17.7 Å². The molecule has 0 atom stereocenters. The maximum atomic E-state index is 13.9. The van der Waals surface area contributed by atoms with Crippen LogP contribution in [0.2, 0.25) is 0 Å². The minimum Gasteiger partial charge on any atom is -0.211 e. The number of thiophene rings is 1. The summed E-state index contributed by atoms with van der Waals surface area (Å²) < 4.78 is 15.2. The highest BCUT2D eigenvalue weighted by Crippen LogP contribution is 2.32. The van der Waals surface area contributed by atoms with E-state index in [9.17, 15) is 4.39 Å². The molecule has 1 aliphatic carbocycles. The lowest BCUT2D eigenvalue weighted by atomic mass is 10.1. The molecule has 2 aromatic rings. The SMILES string of the molecule is F/C(=C\c1cc2ccccc2s1)C1CC=CC1. The van der Waals surface area contributed by atoms with Gasteiger partial charge in [-0.3, -0.25) is 0 Å². The number of allylic oxidation sites excluding steroid dienone is 3. The number of rotatable bonds is 2. The van der Waals surface area contributed by atoms with Gasteiger partial charge in [-0.1, -0.05) is 30.4 Å². The molecule has 1 heterocycles. The van der Waals surface area contributed by atoms with Crippen LogP contribution in [0.3, 0.4) is 0 Å². The summed E-state index contributed by atoms with van der Waals surface area (Å²) in [5, 5.41) is 1.20. The molecule has 3 rings (SSSR count). The lowest BCUT2D eigenvalue weighted by Crippen LogP contribution is -1.93. The van der Waals surface area contributed by atoms with Crippen LogP contribution in [0, 0.1) is 5.92 Å². The van der Waals surface area contributed by atoms with Crippen molar-refractivity contribution >= 4 is 27.5 Å². The average molecular weight is 244 g/mol.